The van der Waals surface area contributed by atoms with Gasteiger partial charge in [-0.05, 0) is 66.4 Å². The first-order chi connectivity index (χ1) is 15.7. The highest BCUT2D eigenvalue weighted by Crippen LogP contribution is 2.29. The van der Waals surface area contributed by atoms with Crippen LogP contribution in [0.15, 0.2) is 60.8 Å². The molecule has 0 N–H and O–H groups in total. The van der Waals surface area contributed by atoms with E-state index < -0.39 is 6.10 Å². The van der Waals surface area contributed by atoms with E-state index in [0.29, 0.717) is 37.0 Å². The van der Waals surface area contributed by atoms with Crippen LogP contribution in [0.3, 0.4) is 0 Å². The third-order valence-corrected chi connectivity index (χ3v) is 5.67. The van der Waals surface area contributed by atoms with Gasteiger partial charge in [-0.1, -0.05) is 6.07 Å². The first-order valence-corrected chi connectivity index (χ1v) is 10.7. The summed E-state index contributed by atoms with van der Waals surface area (Å²) in [6.45, 7) is 1.95. The number of nitrogens with zero attached hydrogens (tertiary/aromatic N) is 2. The number of anilines is 1. The van der Waals surface area contributed by atoms with Crippen LogP contribution in [-0.4, -0.2) is 30.1 Å². The molecular weight excluding hydrogens is 411 g/mol. The molecule has 164 valence electrons. The number of aryl methyl sites for hydroxylation is 1. The van der Waals surface area contributed by atoms with E-state index in [2.05, 4.69) is 17.1 Å². The van der Waals surface area contributed by atoms with Gasteiger partial charge in [0.1, 0.15) is 17.3 Å². The third-order valence-electron chi connectivity index (χ3n) is 5.67. The second-order valence-electron chi connectivity index (χ2n) is 7.88. The third kappa shape index (κ3) is 4.43. The second-order valence-corrected chi connectivity index (χ2v) is 7.88. The molecule has 7 heteroatoms. The number of ether oxygens (including phenoxy) is 3. The van der Waals surface area contributed by atoms with Crippen LogP contribution in [-0.2, 0) is 22.6 Å². The number of carbonyl (C=O) groups is 1. The molecule has 1 aromatic heterocycles. The lowest BCUT2D eigenvalue weighted by atomic mass is 10.0. The fourth-order valence-corrected chi connectivity index (χ4v) is 4.01. The molecule has 1 fully saturated rings. The largest absolute Gasteiger partial charge is 0.479 e. The van der Waals surface area contributed by atoms with Crippen molar-refractivity contribution < 1.29 is 23.4 Å². The Labute approximate surface area is 185 Å². The molecule has 0 bridgehead atoms. The first kappa shape index (κ1) is 20.5. The van der Waals surface area contributed by atoms with Crippen molar-refractivity contribution in [3.63, 3.8) is 0 Å². The van der Waals surface area contributed by atoms with Crippen molar-refractivity contribution in [2.75, 3.05) is 18.1 Å². The van der Waals surface area contributed by atoms with Gasteiger partial charge in [0, 0.05) is 31.3 Å². The van der Waals surface area contributed by atoms with Gasteiger partial charge in [-0.15, -0.1) is 0 Å². The number of benzene rings is 2. The zero-order valence-corrected chi connectivity index (χ0v) is 17.5. The number of rotatable bonds is 5. The Bertz CT molecular complexity index is 1100. The number of pyridine rings is 1. The van der Waals surface area contributed by atoms with Crippen LogP contribution < -0.4 is 14.4 Å². The molecule has 0 saturated carbocycles. The van der Waals surface area contributed by atoms with Crippen LogP contribution in [0.4, 0.5) is 10.1 Å². The summed E-state index contributed by atoms with van der Waals surface area (Å²) in [5, 5.41) is 0. The Morgan fingerprint density at radius 2 is 1.88 bits per heavy atom. The van der Waals surface area contributed by atoms with Crippen molar-refractivity contribution in [1.82, 2.24) is 4.98 Å². The highest BCUT2D eigenvalue weighted by atomic mass is 19.1. The number of amides is 1. The van der Waals surface area contributed by atoms with Crippen LogP contribution in [0, 0.1) is 5.82 Å². The molecule has 0 aliphatic carbocycles. The summed E-state index contributed by atoms with van der Waals surface area (Å²) in [7, 11) is 0. The standard InChI is InChI=1S/C25H23FN2O4/c26-19-4-7-21(8-5-19)32-24-10-9-22(15-27-24)31-23-11-12-28(25(23)29)20-6-3-17-2-1-13-30-16-18(17)14-20/h3-10,14-15,23H,1-2,11-13,16H2/t23-/m1/s1. The van der Waals surface area contributed by atoms with Gasteiger partial charge in [0.2, 0.25) is 5.88 Å². The highest BCUT2D eigenvalue weighted by Gasteiger charge is 2.34. The Kier molecular flexibility index (Phi) is 5.73. The van der Waals surface area contributed by atoms with Crippen molar-refractivity contribution >= 4 is 11.6 Å². The fourth-order valence-electron chi connectivity index (χ4n) is 4.01. The minimum atomic E-state index is -0.560. The summed E-state index contributed by atoms with van der Waals surface area (Å²) >= 11 is 0. The Morgan fingerprint density at radius 1 is 1.03 bits per heavy atom. The minimum Gasteiger partial charge on any atom is -0.479 e. The molecular formula is C25H23FN2O4. The predicted molar refractivity (Wildman–Crippen MR) is 117 cm³/mol. The van der Waals surface area contributed by atoms with Gasteiger partial charge in [0.15, 0.2) is 6.10 Å². The van der Waals surface area contributed by atoms with Crippen LogP contribution in [0.2, 0.25) is 0 Å². The molecule has 1 saturated heterocycles. The molecule has 1 atom stereocenters. The number of hydrogen-bond acceptors (Lipinski definition) is 5. The molecule has 5 rings (SSSR count). The van der Waals surface area contributed by atoms with Crippen LogP contribution in [0.1, 0.15) is 24.0 Å². The van der Waals surface area contributed by atoms with Gasteiger partial charge in [-0.2, -0.15) is 0 Å². The Morgan fingerprint density at radius 3 is 2.69 bits per heavy atom. The number of hydrogen-bond donors (Lipinski definition) is 0. The predicted octanol–water partition coefficient (Wildman–Crippen LogP) is 4.66. The Balaban J connectivity index is 1.23. The van der Waals surface area contributed by atoms with Crippen molar-refractivity contribution in [2.24, 2.45) is 0 Å². The highest BCUT2D eigenvalue weighted by molar-refractivity contribution is 5.99. The van der Waals surface area contributed by atoms with E-state index in [4.69, 9.17) is 14.2 Å². The van der Waals surface area contributed by atoms with E-state index >= 15 is 0 Å². The molecule has 1 amide bonds. The lowest BCUT2D eigenvalue weighted by Gasteiger charge is -2.19. The normalized spacial score (nSPS) is 18.2. The molecule has 0 unspecified atom stereocenters. The molecule has 3 aromatic rings. The summed E-state index contributed by atoms with van der Waals surface area (Å²) in [6.07, 6.45) is 3.58. The summed E-state index contributed by atoms with van der Waals surface area (Å²) in [5.41, 5.74) is 3.32. The number of halogens is 1. The monoisotopic (exact) mass is 434 g/mol. The first-order valence-electron chi connectivity index (χ1n) is 10.7. The van der Waals surface area contributed by atoms with Crippen molar-refractivity contribution in [3.05, 3.63) is 77.7 Å². The number of carbonyl (C=O) groups excluding carboxylic acids is 1. The van der Waals surface area contributed by atoms with Gasteiger partial charge in [-0.25, -0.2) is 9.37 Å². The minimum absolute atomic E-state index is 0.0638. The summed E-state index contributed by atoms with van der Waals surface area (Å²) in [6, 6.07) is 15.2. The molecule has 32 heavy (non-hydrogen) atoms. The second kappa shape index (κ2) is 8.96. The number of fused-ring (bicyclic) bond motifs is 1. The zero-order valence-electron chi connectivity index (χ0n) is 17.5. The van der Waals surface area contributed by atoms with Gasteiger partial charge >= 0.3 is 0 Å². The quantitative estimate of drug-likeness (QED) is 0.585. The molecule has 0 spiro atoms. The van der Waals surface area contributed by atoms with Crippen molar-refractivity contribution in [2.45, 2.75) is 32.0 Å². The van der Waals surface area contributed by atoms with Crippen LogP contribution >= 0.6 is 0 Å². The fraction of sp³-hybridized carbons (Fsp3) is 0.280. The van der Waals surface area contributed by atoms with E-state index in [1.807, 2.05) is 6.07 Å². The lowest BCUT2D eigenvalue weighted by Crippen LogP contribution is -2.32. The molecule has 3 heterocycles. The molecule has 6 nitrogen and oxygen atoms in total. The van der Waals surface area contributed by atoms with E-state index in [1.165, 1.54) is 36.0 Å². The SMILES string of the molecule is O=C1[C@H](Oc2ccc(Oc3ccc(F)cc3)nc2)CCN1c1ccc2c(c1)COCCC2. The smallest absolute Gasteiger partial charge is 0.268 e. The van der Waals surface area contributed by atoms with E-state index in [-0.39, 0.29) is 11.7 Å². The van der Waals surface area contributed by atoms with Crippen LogP contribution in [0.5, 0.6) is 17.4 Å². The topological polar surface area (TPSA) is 60.9 Å². The maximum absolute atomic E-state index is 13.0. The summed E-state index contributed by atoms with van der Waals surface area (Å²) < 4.78 is 30.2. The van der Waals surface area contributed by atoms with Crippen molar-refractivity contribution in [3.8, 4) is 17.4 Å². The molecule has 2 aliphatic rings. The van der Waals surface area contributed by atoms with Gasteiger partial charge in [0.25, 0.3) is 5.91 Å². The van der Waals surface area contributed by atoms with E-state index in [0.717, 1.165) is 30.7 Å². The average Bonchev–Trinajstić information content (AvgIpc) is 3.01. The van der Waals surface area contributed by atoms with Crippen molar-refractivity contribution in [1.29, 1.82) is 0 Å². The van der Waals surface area contributed by atoms with Gasteiger partial charge < -0.3 is 19.1 Å². The maximum atomic E-state index is 13.0. The Hall–Kier alpha value is -3.45. The molecule has 2 aromatic carbocycles. The van der Waals surface area contributed by atoms with Gasteiger partial charge in [0.05, 0.1) is 12.8 Å². The zero-order chi connectivity index (χ0) is 21.9. The maximum Gasteiger partial charge on any atom is 0.268 e. The average molecular weight is 434 g/mol. The molecule has 2 aliphatic heterocycles. The lowest BCUT2D eigenvalue weighted by molar-refractivity contribution is -0.122. The summed E-state index contributed by atoms with van der Waals surface area (Å²) in [5.74, 6) is 0.942. The molecule has 0 radical (unpaired) electrons. The number of aromatic nitrogens is 1. The van der Waals surface area contributed by atoms with Gasteiger partial charge in [-0.3, -0.25) is 4.79 Å². The van der Waals surface area contributed by atoms with E-state index in [1.54, 1.807) is 17.0 Å². The van der Waals surface area contributed by atoms with E-state index in [9.17, 15) is 9.18 Å². The summed E-state index contributed by atoms with van der Waals surface area (Å²) in [4.78, 5) is 19.0. The van der Waals surface area contributed by atoms with Crippen LogP contribution in [0.25, 0.3) is 0 Å².